The fourth-order valence-corrected chi connectivity index (χ4v) is 2.00. The zero-order chi connectivity index (χ0) is 14.2. The molecule has 2 amide bonds. The van der Waals surface area contributed by atoms with E-state index in [4.69, 9.17) is 10.8 Å². The van der Waals surface area contributed by atoms with Crippen molar-refractivity contribution >= 4 is 29.2 Å². The van der Waals surface area contributed by atoms with Crippen molar-refractivity contribution in [3.63, 3.8) is 0 Å². The van der Waals surface area contributed by atoms with Crippen LogP contribution in [0, 0.1) is 0 Å². The van der Waals surface area contributed by atoms with Crippen molar-refractivity contribution in [2.75, 3.05) is 17.2 Å². The van der Waals surface area contributed by atoms with Crippen LogP contribution in [0.4, 0.5) is 11.4 Å². The summed E-state index contributed by atoms with van der Waals surface area (Å²) in [4.78, 5) is 35.5. The highest BCUT2D eigenvalue weighted by atomic mass is 16.4. The molecule has 1 aliphatic heterocycles. The first-order valence-electron chi connectivity index (χ1n) is 5.64. The number of hydrogen-bond acceptors (Lipinski definition) is 5. The lowest BCUT2D eigenvalue weighted by molar-refractivity contribution is -0.132. The van der Waals surface area contributed by atoms with Crippen LogP contribution < -0.4 is 16.0 Å². The molecule has 1 aromatic rings. The van der Waals surface area contributed by atoms with Gasteiger partial charge < -0.3 is 15.7 Å². The first-order valence-corrected chi connectivity index (χ1v) is 5.64. The van der Waals surface area contributed by atoms with Crippen LogP contribution in [0.5, 0.6) is 0 Å². The number of rotatable bonds is 2. The molecule has 0 spiro atoms. The molecule has 0 aromatic heterocycles. The van der Waals surface area contributed by atoms with Gasteiger partial charge in [0.05, 0.1) is 23.5 Å². The van der Waals surface area contributed by atoms with Gasteiger partial charge in [0.25, 0.3) is 0 Å². The molecule has 0 aliphatic carbocycles. The van der Waals surface area contributed by atoms with E-state index in [1.807, 2.05) is 0 Å². The molecule has 0 radical (unpaired) electrons. The number of amides is 2. The van der Waals surface area contributed by atoms with Crippen LogP contribution in [0.3, 0.4) is 0 Å². The van der Waals surface area contributed by atoms with Crippen molar-refractivity contribution in [2.24, 2.45) is 0 Å². The summed E-state index contributed by atoms with van der Waals surface area (Å²) >= 11 is 0. The molecule has 2 rings (SSSR count). The van der Waals surface area contributed by atoms with Gasteiger partial charge in [-0.25, -0.2) is 4.79 Å². The van der Waals surface area contributed by atoms with E-state index >= 15 is 0 Å². The highest BCUT2D eigenvalue weighted by Gasteiger charge is 2.31. The minimum Gasteiger partial charge on any atom is -0.478 e. The second-order valence-electron chi connectivity index (χ2n) is 4.26. The van der Waals surface area contributed by atoms with Crippen LogP contribution in [0.1, 0.15) is 17.3 Å². The Kier molecular flexibility index (Phi) is 3.12. The van der Waals surface area contributed by atoms with Gasteiger partial charge in [0.2, 0.25) is 11.8 Å². The zero-order valence-electron chi connectivity index (χ0n) is 10.2. The van der Waals surface area contributed by atoms with Crippen LogP contribution in [-0.4, -0.2) is 35.5 Å². The molecular formula is C12H13N3O4. The van der Waals surface area contributed by atoms with Crippen molar-refractivity contribution in [2.45, 2.75) is 13.0 Å². The Hall–Kier alpha value is -2.57. The van der Waals surface area contributed by atoms with Gasteiger partial charge in [-0.3, -0.25) is 14.9 Å². The maximum absolute atomic E-state index is 11.6. The Labute approximate surface area is 109 Å². The smallest absolute Gasteiger partial charge is 0.337 e. The zero-order valence-corrected chi connectivity index (χ0v) is 10.2. The molecule has 4 N–H and O–H groups in total. The molecule has 7 heteroatoms. The number of imide groups is 1. The van der Waals surface area contributed by atoms with Gasteiger partial charge in [-0.2, -0.15) is 0 Å². The number of anilines is 2. The number of aromatic carboxylic acids is 1. The van der Waals surface area contributed by atoms with Gasteiger partial charge in [0.15, 0.2) is 0 Å². The third-order valence-electron chi connectivity index (χ3n) is 3.05. The van der Waals surface area contributed by atoms with E-state index in [2.05, 4.69) is 5.32 Å². The number of piperazine rings is 1. The van der Waals surface area contributed by atoms with E-state index in [0.717, 1.165) is 0 Å². The first kappa shape index (κ1) is 12.9. The third-order valence-corrected chi connectivity index (χ3v) is 3.05. The molecular weight excluding hydrogens is 250 g/mol. The average Bonchev–Trinajstić information content (AvgIpc) is 2.34. The molecule has 7 nitrogen and oxygen atoms in total. The van der Waals surface area contributed by atoms with Crippen molar-refractivity contribution in [1.82, 2.24) is 5.32 Å². The van der Waals surface area contributed by atoms with E-state index in [0.29, 0.717) is 5.69 Å². The molecule has 0 saturated carbocycles. The number of para-hydroxylation sites is 1. The summed E-state index contributed by atoms with van der Waals surface area (Å²) in [5, 5.41) is 11.2. The highest BCUT2D eigenvalue weighted by molar-refractivity contribution is 6.06. The van der Waals surface area contributed by atoms with Crippen LogP contribution in [0.25, 0.3) is 0 Å². The number of carbonyl (C=O) groups is 3. The normalized spacial score (nSPS) is 19.2. The first-order chi connectivity index (χ1) is 8.91. The van der Waals surface area contributed by atoms with Gasteiger partial charge in [-0.1, -0.05) is 6.07 Å². The number of carboxylic acids is 1. The topological polar surface area (TPSA) is 113 Å². The van der Waals surface area contributed by atoms with E-state index in [1.165, 1.54) is 17.0 Å². The van der Waals surface area contributed by atoms with E-state index < -0.39 is 23.8 Å². The van der Waals surface area contributed by atoms with Gasteiger partial charge in [-0.05, 0) is 19.1 Å². The standard InChI is InChI=1S/C12H13N3O4/c1-6-11(17)14-9(16)5-15(6)8-4-2-3-7(10(8)13)12(18)19/h2-4,6H,5,13H2,1H3,(H,18,19)(H,14,16,17). The van der Waals surface area contributed by atoms with E-state index in [-0.39, 0.29) is 17.8 Å². The van der Waals surface area contributed by atoms with Crippen LogP contribution >= 0.6 is 0 Å². The minimum atomic E-state index is -1.15. The number of nitrogen functional groups attached to an aromatic ring is 1. The predicted octanol–water partition coefficient (Wildman–Crippen LogP) is -0.182. The summed E-state index contributed by atoms with van der Waals surface area (Å²) in [5.41, 5.74) is 6.17. The fraction of sp³-hybridized carbons (Fsp3) is 0.250. The summed E-state index contributed by atoms with van der Waals surface area (Å²) in [6.07, 6.45) is 0. The summed E-state index contributed by atoms with van der Waals surface area (Å²) in [6, 6.07) is 3.89. The molecule has 1 saturated heterocycles. The monoisotopic (exact) mass is 263 g/mol. The summed E-state index contributed by atoms with van der Waals surface area (Å²) in [6.45, 7) is 1.58. The molecule has 100 valence electrons. The van der Waals surface area contributed by atoms with Crippen molar-refractivity contribution in [3.8, 4) is 0 Å². The van der Waals surface area contributed by atoms with Crippen molar-refractivity contribution < 1.29 is 19.5 Å². The Morgan fingerprint density at radius 2 is 2.16 bits per heavy atom. The third kappa shape index (κ3) is 2.22. The average molecular weight is 263 g/mol. The van der Waals surface area contributed by atoms with Gasteiger partial charge in [0.1, 0.15) is 6.04 Å². The second-order valence-corrected chi connectivity index (χ2v) is 4.26. The molecule has 0 bridgehead atoms. The number of carbonyl (C=O) groups excluding carboxylic acids is 2. The summed E-state index contributed by atoms with van der Waals surface area (Å²) in [5.74, 6) is -2.03. The largest absolute Gasteiger partial charge is 0.478 e. The predicted molar refractivity (Wildman–Crippen MR) is 67.8 cm³/mol. The number of benzene rings is 1. The van der Waals surface area contributed by atoms with E-state index in [9.17, 15) is 14.4 Å². The molecule has 1 atom stereocenters. The highest BCUT2D eigenvalue weighted by Crippen LogP contribution is 2.29. The second kappa shape index (κ2) is 4.60. The van der Waals surface area contributed by atoms with Crippen LogP contribution in [0.15, 0.2) is 18.2 Å². The fourth-order valence-electron chi connectivity index (χ4n) is 2.00. The molecule has 1 fully saturated rings. The minimum absolute atomic E-state index is 0.0415. The Balaban J connectivity index is 2.46. The van der Waals surface area contributed by atoms with Crippen LogP contribution in [0.2, 0.25) is 0 Å². The maximum Gasteiger partial charge on any atom is 0.337 e. The lowest BCUT2D eigenvalue weighted by Gasteiger charge is -2.34. The lowest BCUT2D eigenvalue weighted by Crippen LogP contribution is -2.57. The Morgan fingerprint density at radius 1 is 1.47 bits per heavy atom. The van der Waals surface area contributed by atoms with E-state index in [1.54, 1.807) is 13.0 Å². The SMILES string of the molecule is CC1C(=O)NC(=O)CN1c1cccc(C(=O)O)c1N. The van der Waals surface area contributed by atoms with Gasteiger partial charge >= 0.3 is 5.97 Å². The summed E-state index contributed by atoms with van der Waals surface area (Å²) in [7, 11) is 0. The molecule has 1 aromatic carbocycles. The quantitative estimate of drug-likeness (QED) is 0.504. The van der Waals surface area contributed by atoms with Gasteiger partial charge in [0, 0.05) is 0 Å². The maximum atomic E-state index is 11.6. The van der Waals surface area contributed by atoms with Crippen LogP contribution in [-0.2, 0) is 9.59 Å². The van der Waals surface area contributed by atoms with Crippen molar-refractivity contribution in [3.05, 3.63) is 23.8 Å². The summed E-state index contributed by atoms with van der Waals surface area (Å²) < 4.78 is 0. The van der Waals surface area contributed by atoms with Gasteiger partial charge in [-0.15, -0.1) is 0 Å². The Morgan fingerprint density at radius 3 is 2.79 bits per heavy atom. The number of nitrogens with one attached hydrogen (secondary N) is 1. The molecule has 19 heavy (non-hydrogen) atoms. The number of nitrogens with two attached hydrogens (primary N) is 1. The Bertz CT molecular complexity index is 570. The molecule has 1 heterocycles. The molecule has 1 unspecified atom stereocenters. The number of nitrogens with zero attached hydrogens (tertiary/aromatic N) is 1. The van der Waals surface area contributed by atoms with Crippen molar-refractivity contribution in [1.29, 1.82) is 0 Å². The number of carboxylic acid groups (broad SMARTS) is 1. The number of hydrogen-bond donors (Lipinski definition) is 3. The lowest BCUT2D eigenvalue weighted by atomic mass is 10.1. The molecule has 1 aliphatic rings.